The van der Waals surface area contributed by atoms with Crippen molar-refractivity contribution in [2.75, 3.05) is 11.9 Å². The van der Waals surface area contributed by atoms with Crippen molar-refractivity contribution in [1.82, 2.24) is 0 Å². The highest BCUT2D eigenvalue weighted by atomic mass is 79.9. The predicted octanol–water partition coefficient (Wildman–Crippen LogP) is 3.52. The maximum atomic E-state index is 13.6. The number of nitrogens with one attached hydrogen (secondary N) is 1. The van der Waals surface area contributed by atoms with Crippen molar-refractivity contribution >= 4 is 21.6 Å². The molecule has 1 fully saturated rings. The van der Waals surface area contributed by atoms with Gasteiger partial charge in [-0.05, 0) is 43.5 Å². The highest BCUT2D eigenvalue weighted by Crippen LogP contribution is 2.28. The van der Waals surface area contributed by atoms with Gasteiger partial charge in [-0.2, -0.15) is 0 Å². The maximum Gasteiger partial charge on any atom is 0.146 e. The molecule has 0 radical (unpaired) electrons. The van der Waals surface area contributed by atoms with Crippen molar-refractivity contribution < 1.29 is 4.39 Å². The first-order chi connectivity index (χ1) is 8.20. The molecular formula is C13H18BrFN2. The van der Waals surface area contributed by atoms with Crippen LogP contribution in [0.4, 0.5) is 10.1 Å². The van der Waals surface area contributed by atoms with E-state index in [0.29, 0.717) is 24.2 Å². The van der Waals surface area contributed by atoms with Gasteiger partial charge in [-0.3, -0.25) is 0 Å². The van der Waals surface area contributed by atoms with Crippen LogP contribution in [0.25, 0.3) is 0 Å². The number of hydrogen-bond acceptors (Lipinski definition) is 2. The summed E-state index contributed by atoms with van der Waals surface area (Å²) < 4.78 is 14.5. The topological polar surface area (TPSA) is 38.0 Å². The van der Waals surface area contributed by atoms with Gasteiger partial charge in [-0.15, -0.1) is 0 Å². The number of benzene rings is 1. The Hall–Kier alpha value is -0.610. The normalized spacial score (nSPS) is 24.6. The van der Waals surface area contributed by atoms with Crippen LogP contribution in [0.1, 0.15) is 25.7 Å². The van der Waals surface area contributed by atoms with Gasteiger partial charge in [0.1, 0.15) is 5.82 Å². The van der Waals surface area contributed by atoms with Crippen LogP contribution in [0.5, 0.6) is 0 Å². The smallest absolute Gasteiger partial charge is 0.146 e. The van der Waals surface area contributed by atoms with Gasteiger partial charge >= 0.3 is 0 Å². The van der Waals surface area contributed by atoms with E-state index >= 15 is 0 Å². The predicted molar refractivity (Wildman–Crippen MR) is 72.5 cm³/mol. The van der Waals surface area contributed by atoms with E-state index < -0.39 is 0 Å². The van der Waals surface area contributed by atoms with Crippen LogP contribution in [0.15, 0.2) is 22.7 Å². The standard InChI is InChI=1S/C13H18BrFN2/c14-10-5-6-11(15)13(7-10)17-12-4-2-1-3-9(12)8-16/h5-7,9,12,17H,1-4,8,16H2. The van der Waals surface area contributed by atoms with Crippen LogP contribution in [-0.2, 0) is 0 Å². The molecule has 0 bridgehead atoms. The van der Waals surface area contributed by atoms with Crippen molar-refractivity contribution in [2.24, 2.45) is 11.7 Å². The Morgan fingerprint density at radius 3 is 2.88 bits per heavy atom. The van der Waals surface area contributed by atoms with E-state index in [1.807, 2.05) is 0 Å². The molecule has 0 spiro atoms. The Balaban J connectivity index is 2.10. The third-order valence-corrected chi connectivity index (χ3v) is 3.97. The molecule has 1 aliphatic carbocycles. The maximum absolute atomic E-state index is 13.6. The van der Waals surface area contributed by atoms with E-state index in [9.17, 15) is 4.39 Å². The van der Waals surface area contributed by atoms with E-state index in [0.717, 1.165) is 17.3 Å². The molecular weight excluding hydrogens is 283 g/mol. The minimum atomic E-state index is -0.199. The number of halogens is 2. The zero-order chi connectivity index (χ0) is 12.3. The third kappa shape index (κ3) is 3.19. The zero-order valence-corrected chi connectivity index (χ0v) is 11.3. The lowest BCUT2D eigenvalue weighted by molar-refractivity contribution is 0.332. The second-order valence-electron chi connectivity index (χ2n) is 4.66. The minimum absolute atomic E-state index is 0.199. The molecule has 0 heterocycles. The molecule has 2 nitrogen and oxygen atoms in total. The first-order valence-electron chi connectivity index (χ1n) is 6.12. The third-order valence-electron chi connectivity index (χ3n) is 3.48. The Bertz CT molecular complexity index is 384. The molecule has 2 rings (SSSR count). The summed E-state index contributed by atoms with van der Waals surface area (Å²) in [5.41, 5.74) is 6.35. The van der Waals surface area contributed by atoms with Gasteiger partial charge in [-0.25, -0.2) is 4.39 Å². The summed E-state index contributed by atoms with van der Waals surface area (Å²) >= 11 is 3.36. The van der Waals surface area contributed by atoms with Gasteiger partial charge in [0.05, 0.1) is 5.69 Å². The lowest BCUT2D eigenvalue weighted by Crippen LogP contribution is -2.36. The van der Waals surface area contributed by atoms with Crippen molar-refractivity contribution in [3.05, 3.63) is 28.5 Å². The molecule has 94 valence electrons. The lowest BCUT2D eigenvalue weighted by Gasteiger charge is -2.32. The Kier molecular flexibility index (Phi) is 4.40. The van der Waals surface area contributed by atoms with Crippen LogP contribution in [0.2, 0.25) is 0 Å². The van der Waals surface area contributed by atoms with Crippen LogP contribution >= 0.6 is 15.9 Å². The lowest BCUT2D eigenvalue weighted by atomic mass is 9.84. The summed E-state index contributed by atoms with van der Waals surface area (Å²) in [6.07, 6.45) is 4.66. The summed E-state index contributed by atoms with van der Waals surface area (Å²) in [6, 6.07) is 5.28. The summed E-state index contributed by atoms with van der Waals surface area (Å²) in [5, 5.41) is 3.31. The monoisotopic (exact) mass is 300 g/mol. The zero-order valence-electron chi connectivity index (χ0n) is 9.76. The number of hydrogen-bond donors (Lipinski definition) is 2. The molecule has 0 amide bonds. The number of anilines is 1. The molecule has 1 aromatic rings. The average molecular weight is 301 g/mol. The summed E-state index contributed by atoms with van der Waals surface area (Å²) in [6.45, 7) is 0.674. The van der Waals surface area contributed by atoms with Crippen LogP contribution in [-0.4, -0.2) is 12.6 Å². The van der Waals surface area contributed by atoms with E-state index in [1.165, 1.54) is 18.9 Å². The quantitative estimate of drug-likeness (QED) is 0.896. The first-order valence-corrected chi connectivity index (χ1v) is 6.91. The molecule has 0 aliphatic heterocycles. The minimum Gasteiger partial charge on any atom is -0.380 e. The second kappa shape index (κ2) is 5.83. The second-order valence-corrected chi connectivity index (χ2v) is 5.57. The molecule has 0 aromatic heterocycles. The van der Waals surface area contributed by atoms with Gasteiger partial charge in [-0.1, -0.05) is 28.8 Å². The van der Waals surface area contributed by atoms with Gasteiger partial charge in [0, 0.05) is 10.5 Å². The van der Waals surface area contributed by atoms with Crippen molar-refractivity contribution in [3.8, 4) is 0 Å². The van der Waals surface area contributed by atoms with Crippen molar-refractivity contribution in [2.45, 2.75) is 31.7 Å². The molecule has 1 saturated carbocycles. The Morgan fingerprint density at radius 1 is 1.35 bits per heavy atom. The highest BCUT2D eigenvalue weighted by Gasteiger charge is 2.24. The number of rotatable bonds is 3. The summed E-state index contributed by atoms with van der Waals surface area (Å²) in [5.74, 6) is 0.261. The van der Waals surface area contributed by atoms with Crippen LogP contribution in [0.3, 0.4) is 0 Å². The van der Waals surface area contributed by atoms with E-state index in [1.54, 1.807) is 12.1 Å². The van der Waals surface area contributed by atoms with Crippen LogP contribution < -0.4 is 11.1 Å². The molecule has 2 unspecified atom stereocenters. The molecule has 1 aromatic carbocycles. The molecule has 4 heteroatoms. The molecule has 0 saturated heterocycles. The van der Waals surface area contributed by atoms with Gasteiger partial charge in [0.2, 0.25) is 0 Å². The highest BCUT2D eigenvalue weighted by molar-refractivity contribution is 9.10. The number of nitrogens with two attached hydrogens (primary N) is 1. The van der Waals surface area contributed by atoms with E-state index in [2.05, 4.69) is 21.2 Å². The molecule has 17 heavy (non-hydrogen) atoms. The largest absolute Gasteiger partial charge is 0.380 e. The summed E-state index contributed by atoms with van der Waals surface area (Å²) in [7, 11) is 0. The van der Waals surface area contributed by atoms with Crippen molar-refractivity contribution in [3.63, 3.8) is 0 Å². The van der Waals surface area contributed by atoms with Crippen molar-refractivity contribution in [1.29, 1.82) is 0 Å². The SMILES string of the molecule is NCC1CCCCC1Nc1cc(Br)ccc1F. The fourth-order valence-corrected chi connectivity index (χ4v) is 2.85. The van der Waals surface area contributed by atoms with Crippen LogP contribution in [0, 0.1) is 11.7 Å². The average Bonchev–Trinajstić information content (AvgIpc) is 2.34. The fraction of sp³-hybridized carbons (Fsp3) is 0.538. The first kappa shape index (κ1) is 12.8. The molecule has 3 N–H and O–H groups in total. The Morgan fingerprint density at radius 2 is 2.12 bits per heavy atom. The molecule has 2 atom stereocenters. The van der Waals surface area contributed by atoms with E-state index in [4.69, 9.17) is 5.73 Å². The van der Waals surface area contributed by atoms with E-state index in [-0.39, 0.29) is 5.82 Å². The fourth-order valence-electron chi connectivity index (χ4n) is 2.49. The van der Waals surface area contributed by atoms with Gasteiger partial charge in [0.25, 0.3) is 0 Å². The van der Waals surface area contributed by atoms with Gasteiger partial charge in [0.15, 0.2) is 0 Å². The Labute approximate surface area is 110 Å². The summed E-state index contributed by atoms with van der Waals surface area (Å²) in [4.78, 5) is 0. The van der Waals surface area contributed by atoms with Gasteiger partial charge < -0.3 is 11.1 Å². The molecule has 1 aliphatic rings.